The maximum absolute atomic E-state index is 11.0. The Kier molecular flexibility index (Phi) is 2.95. The van der Waals surface area contributed by atoms with E-state index in [1.165, 1.54) is 23.2 Å². The molecule has 0 aromatic carbocycles. The lowest BCUT2D eigenvalue weighted by molar-refractivity contribution is 0.160. The molecule has 1 atom stereocenters. The summed E-state index contributed by atoms with van der Waals surface area (Å²) in [7, 11) is 0. The third-order valence-electron chi connectivity index (χ3n) is 1.48. The van der Waals surface area contributed by atoms with Crippen molar-refractivity contribution in [2.45, 2.75) is 12.6 Å². The fraction of sp³-hybridized carbons (Fsp3) is 0.429. The lowest BCUT2D eigenvalue weighted by Crippen LogP contribution is -2.30. The molecule has 66 valence electrons. The second-order valence-corrected chi connectivity index (χ2v) is 2.46. The Morgan fingerprint density at radius 2 is 2.50 bits per heavy atom. The molecule has 0 spiro atoms. The van der Waals surface area contributed by atoms with Gasteiger partial charge >= 0.3 is 0 Å². The van der Waals surface area contributed by atoms with Crippen LogP contribution in [0.2, 0.25) is 0 Å². The van der Waals surface area contributed by atoms with Crippen molar-refractivity contribution in [3.05, 3.63) is 28.9 Å². The van der Waals surface area contributed by atoms with Gasteiger partial charge in [0.25, 0.3) is 5.56 Å². The van der Waals surface area contributed by atoms with Crippen molar-refractivity contribution in [1.82, 2.24) is 9.55 Å². The predicted octanol–water partition coefficient (Wildman–Crippen LogP) is -1.44. The van der Waals surface area contributed by atoms with Crippen molar-refractivity contribution < 1.29 is 5.11 Å². The van der Waals surface area contributed by atoms with Gasteiger partial charge in [-0.25, -0.2) is 0 Å². The highest BCUT2D eigenvalue weighted by atomic mass is 16.3. The zero-order valence-corrected chi connectivity index (χ0v) is 6.55. The highest BCUT2D eigenvalue weighted by molar-refractivity contribution is 4.81. The number of aliphatic hydroxyl groups excluding tert-OH is 1. The van der Waals surface area contributed by atoms with E-state index < -0.39 is 6.10 Å². The van der Waals surface area contributed by atoms with Crippen LogP contribution in [0.5, 0.6) is 0 Å². The summed E-state index contributed by atoms with van der Waals surface area (Å²) >= 11 is 0. The van der Waals surface area contributed by atoms with E-state index in [9.17, 15) is 4.79 Å². The molecule has 12 heavy (non-hydrogen) atoms. The Balaban J connectivity index is 2.76. The zero-order valence-electron chi connectivity index (χ0n) is 6.55. The lowest BCUT2D eigenvalue weighted by atomic mass is 10.3. The van der Waals surface area contributed by atoms with E-state index in [-0.39, 0.29) is 18.6 Å². The van der Waals surface area contributed by atoms with Crippen LogP contribution in [0, 0.1) is 0 Å². The number of nitrogens with zero attached hydrogens (tertiary/aromatic N) is 2. The molecule has 0 amide bonds. The van der Waals surface area contributed by atoms with Crippen molar-refractivity contribution in [3.63, 3.8) is 0 Å². The third kappa shape index (κ3) is 2.14. The second kappa shape index (κ2) is 3.99. The molecule has 0 saturated heterocycles. The number of hydrogen-bond donors (Lipinski definition) is 2. The summed E-state index contributed by atoms with van der Waals surface area (Å²) in [5.41, 5.74) is 4.96. The number of nitrogens with two attached hydrogens (primary N) is 1. The molecule has 0 bridgehead atoms. The van der Waals surface area contributed by atoms with Crippen LogP contribution in [0.4, 0.5) is 0 Å². The molecule has 1 rings (SSSR count). The summed E-state index contributed by atoms with van der Waals surface area (Å²) < 4.78 is 1.37. The quantitative estimate of drug-likeness (QED) is 0.581. The summed E-state index contributed by atoms with van der Waals surface area (Å²) in [5.74, 6) is 0. The Morgan fingerprint density at radius 3 is 3.08 bits per heavy atom. The van der Waals surface area contributed by atoms with Gasteiger partial charge in [0, 0.05) is 18.9 Å². The standard InChI is InChI=1S/C7H11N3O2/c8-3-6(11)5-10-2-1-9-4-7(10)12/h1-2,4,6,11H,3,5,8H2. The molecule has 0 saturated carbocycles. The highest BCUT2D eigenvalue weighted by Crippen LogP contribution is 1.84. The largest absolute Gasteiger partial charge is 0.390 e. The van der Waals surface area contributed by atoms with Crippen molar-refractivity contribution in [2.24, 2.45) is 5.73 Å². The summed E-state index contributed by atoms with van der Waals surface area (Å²) in [6, 6.07) is 0. The van der Waals surface area contributed by atoms with Crippen molar-refractivity contribution in [2.75, 3.05) is 6.54 Å². The minimum Gasteiger partial charge on any atom is -0.390 e. The van der Waals surface area contributed by atoms with E-state index in [0.29, 0.717) is 0 Å². The monoisotopic (exact) mass is 169 g/mol. The Morgan fingerprint density at radius 1 is 1.75 bits per heavy atom. The Hall–Kier alpha value is -1.20. The number of rotatable bonds is 3. The van der Waals surface area contributed by atoms with E-state index in [1.807, 2.05) is 0 Å². The van der Waals surface area contributed by atoms with Crippen molar-refractivity contribution in [3.8, 4) is 0 Å². The van der Waals surface area contributed by atoms with Crippen LogP contribution in [0.1, 0.15) is 0 Å². The topological polar surface area (TPSA) is 81.1 Å². The van der Waals surface area contributed by atoms with E-state index in [0.717, 1.165) is 0 Å². The summed E-state index contributed by atoms with van der Waals surface area (Å²) in [6.45, 7) is 0.368. The number of aliphatic hydroxyl groups is 1. The molecule has 3 N–H and O–H groups in total. The van der Waals surface area contributed by atoms with E-state index in [2.05, 4.69) is 4.98 Å². The molecule has 0 radical (unpaired) electrons. The highest BCUT2D eigenvalue weighted by Gasteiger charge is 2.02. The molecule has 1 heterocycles. The lowest BCUT2D eigenvalue weighted by Gasteiger charge is -2.08. The minimum atomic E-state index is -0.676. The fourth-order valence-electron chi connectivity index (χ4n) is 0.826. The maximum atomic E-state index is 11.0. The summed E-state index contributed by atoms with van der Waals surface area (Å²) in [4.78, 5) is 14.7. The number of hydrogen-bond acceptors (Lipinski definition) is 4. The predicted molar refractivity (Wildman–Crippen MR) is 43.6 cm³/mol. The average molecular weight is 169 g/mol. The van der Waals surface area contributed by atoms with Crippen molar-refractivity contribution in [1.29, 1.82) is 0 Å². The fourth-order valence-corrected chi connectivity index (χ4v) is 0.826. The minimum absolute atomic E-state index is 0.148. The van der Waals surface area contributed by atoms with E-state index >= 15 is 0 Å². The molecule has 1 aromatic rings. The van der Waals surface area contributed by atoms with Crippen LogP contribution < -0.4 is 11.3 Å². The number of aromatic nitrogens is 2. The molecule has 0 aliphatic carbocycles. The van der Waals surface area contributed by atoms with Gasteiger partial charge in [-0.1, -0.05) is 0 Å². The first kappa shape index (κ1) is 8.89. The molecule has 5 nitrogen and oxygen atoms in total. The van der Waals surface area contributed by atoms with Crippen LogP contribution in [0.3, 0.4) is 0 Å². The molecule has 1 unspecified atom stereocenters. The zero-order chi connectivity index (χ0) is 8.97. The molecule has 5 heteroatoms. The molecule has 0 aliphatic rings. The maximum Gasteiger partial charge on any atom is 0.269 e. The van der Waals surface area contributed by atoms with Crippen LogP contribution in [-0.2, 0) is 6.54 Å². The first-order chi connectivity index (χ1) is 5.74. The van der Waals surface area contributed by atoms with Gasteiger partial charge in [0.1, 0.15) is 0 Å². The molecular weight excluding hydrogens is 158 g/mol. The summed E-state index contributed by atoms with van der Waals surface area (Å²) in [6.07, 6.45) is 3.53. The molecule has 0 fully saturated rings. The van der Waals surface area contributed by atoms with Crippen LogP contribution in [-0.4, -0.2) is 27.3 Å². The Bertz CT molecular complexity index is 297. The van der Waals surface area contributed by atoms with Gasteiger partial charge in [0.2, 0.25) is 0 Å². The normalized spacial score (nSPS) is 12.8. The van der Waals surface area contributed by atoms with E-state index in [1.54, 1.807) is 0 Å². The SMILES string of the molecule is NCC(O)Cn1ccncc1=O. The van der Waals surface area contributed by atoms with Gasteiger partial charge in [-0.15, -0.1) is 0 Å². The molecule has 1 aromatic heterocycles. The smallest absolute Gasteiger partial charge is 0.269 e. The van der Waals surface area contributed by atoms with Crippen LogP contribution in [0.15, 0.2) is 23.4 Å². The average Bonchev–Trinajstić information content (AvgIpc) is 2.09. The second-order valence-electron chi connectivity index (χ2n) is 2.46. The first-order valence-corrected chi connectivity index (χ1v) is 3.62. The first-order valence-electron chi connectivity index (χ1n) is 3.62. The van der Waals surface area contributed by atoms with Crippen LogP contribution >= 0.6 is 0 Å². The van der Waals surface area contributed by atoms with Gasteiger partial charge in [-0.2, -0.15) is 0 Å². The van der Waals surface area contributed by atoms with E-state index in [4.69, 9.17) is 10.8 Å². The Labute approximate surface area is 69.5 Å². The summed E-state index contributed by atoms with van der Waals surface area (Å²) in [5, 5.41) is 9.13. The van der Waals surface area contributed by atoms with Crippen LogP contribution in [0.25, 0.3) is 0 Å². The van der Waals surface area contributed by atoms with Gasteiger partial charge in [0.05, 0.1) is 18.8 Å². The molecule has 0 aliphatic heterocycles. The third-order valence-corrected chi connectivity index (χ3v) is 1.48. The van der Waals surface area contributed by atoms with Gasteiger partial charge in [-0.05, 0) is 0 Å². The van der Waals surface area contributed by atoms with Gasteiger partial charge < -0.3 is 15.4 Å². The van der Waals surface area contributed by atoms with Gasteiger partial charge in [0.15, 0.2) is 0 Å². The van der Waals surface area contributed by atoms with Crippen molar-refractivity contribution >= 4 is 0 Å². The molecular formula is C7H11N3O2. The van der Waals surface area contributed by atoms with Gasteiger partial charge in [-0.3, -0.25) is 9.78 Å².